The maximum absolute atomic E-state index is 4.22. The molecule has 0 fully saturated rings. The van der Waals surface area contributed by atoms with E-state index < -0.39 is 6.28 Å². The Morgan fingerprint density at radius 3 is 1.51 bits per heavy atom. The van der Waals surface area contributed by atoms with Gasteiger partial charge in [-0.3, -0.25) is 0 Å². The van der Waals surface area contributed by atoms with Gasteiger partial charge in [0.15, 0.2) is 0 Å². The summed E-state index contributed by atoms with van der Waals surface area (Å²) in [7, 11) is 0. The minimum atomic E-state index is -1.15. The molecule has 8 heteroatoms. The second kappa shape index (κ2) is 17.9. The Hall–Kier alpha value is -3.92. The predicted molar refractivity (Wildman–Crippen MR) is 242 cm³/mol. The van der Waals surface area contributed by atoms with Gasteiger partial charge in [-0.2, -0.15) is 0 Å². The van der Waals surface area contributed by atoms with Gasteiger partial charge < -0.3 is 4.48 Å². The zero-order valence-electron chi connectivity index (χ0n) is 29.0. The number of benzene rings is 4. The lowest BCUT2D eigenvalue weighted by molar-refractivity contribution is -0.518. The number of fused-ring (bicyclic) bond motifs is 3. The van der Waals surface area contributed by atoms with Crippen LogP contribution in [0.15, 0.2) is 148 Å². The Morgan fingerprint density at radius 2 is 1.04 bits per heavy atom. The third-order valence-corrected chi connectivity index (χ3v) is 14.1. The van der Waals surface area contributed by atoms with Crippen molar-refractivity contribution in [1.29, 1.82) is 0 Å². The van der Waals surface area contributed by atoms with Crippen molar-refractivity contribution in [3.05, 3.63) is 181 Å². The number of thiophene rings is 2. The molecule has 4 aromatic heterocycles. The number of nitrogens with zero attached hydrogens (tertiary/aromatic N) is 2. The van der Waals surface area contributed by atoms with Crippen LogP contribution in [0.25, 0.3) is 19.8 Å². The van der Waals surface area contributed by atoms with Gasteiger partial charge in [-0.25, -0.2) is 4.98 Å². The molecule has 0 amide bonds. The average Bonchev–Trinajstić information content (AvgIpc) is 3.98. The number of halogens is 1. The van der Waals surface area contributed by atoms with Crippen molar-refractivity contribution >= 4 is 83.9 Å². The Labute approximate surface area is 340 Å². The molecule has 4 aromatic carbocycles. The van der Waals surface area contributed by atoms with E-state index in [2.05, 4.69) is 179 Å². The molecular weight excluding hydrogens is 787 g/mol. The predicted octanol–water partition coefficient (Wildman–Crippen LogP) is 12.0. The number of thiazole rings is 2. The highest BCUT2D eigenvalue weighted by molar-refractivity contribution is 9.10. The first-order valence-electron chi connectivity index (χ1n) is 16.9. The average molecular weight is 834 g/mol. The molecule has 8 aromatic rings. The summed E-state index contributed by atoms with van der Waals surface area (Å²) in [6, 6.07) is 40.1. The largest absolute Gasteiger partial charge is 0.397 e. The Morgan fingerprint density at radius 1 is 0.547 bits per heavy atom. The topological polar surface area (TPSA) is 16.8 Å². The molecule has 0 radical (unpaired) electrons. The second-order valence-corrected chi connectivity index (χ2v) is 17.5. The maximum Gasteiger partial charge on any atom is 0.362 e. The summed E-state index contributed by atoms with van der Waals surface area (Å²) >= 11 is 10.5. The van der Waals surface area contributed by atoms with Gasteiger partial charge in [0.1, 0.15) is 11.2 Å². The number of aryl methyl sites for hydroxylation is 4. The van der Waals surface area contributed by atoms with Gasteiger partial charge in [0.2, 0.25) is 5.01 Å². The fraction of sp³-hybridized carbons (Fsp3) is 0.156. The highest BCUT2D eigenvalue weighted by Crippen LogP contribution is 2.34. The van der Waals surface area contributed by atoms with Crippen molar-refractivity contribution in [3.63, 3.8) is 0 Å². The molecule has 0 bridgehead atoms. The van der Waals surface area contributed by atoms with Crippen LogP contribution >= 0.6 is 61.3 Å². The first-order chi connectivity index (χ1) is 24.8. The van der Waals surface area contributed by atoms with E-state index in [9.17, 15) is 0 Å². The Kier molecular flexibility index (Phi) is 13.6. The SMILES string of the molecule is Brc1ccsc1-c1nccs1.C.C.Cc1ccc(Cc2ccc(C)cc2)cc1.Cc1ccc([B-]2(c3ccc(C)cc3)c3ccsc3-c3scc[n+]32)cc1. The summed E-state index contributed by atoms with van der Waals surface area (Å²) in [5.74, 6) is 0. The number of aromatic nitrogens is 2. The third kappa shape index (κ3) is 8.58. The summed E-state index contributed by atoms with van der Waals surface area (Å²) in [4.78, 5) is 6.87. The van der Waals surface area contributed by atoms with Crippen molar-refractivity contribution in [1.82, 2.24) is 4.98 Å². The zero-order chi connectivity index (χ0) is 35.4. The molecule has 1 aliphatic heterocycles. The van der Waals surface area contributed by atoms with Crippen molar-refractivity contribution in [2.45, 2.75) is 49.0 Å². The zero-order valence-corrected chi connectivity index (χ0v) is 33.9. The van der Waals surface area contributed by atoms with Crippen molar-refractivity contribution in [2.75, 3.05) is 0 Å². The lowest BCUT2D eigenvalue weighted by atomic mass is 9.25. The molecule has 9 rings (SSSR count). The summed E-state index contributed by atoms with van der Waals surface area (Å²) in [5, 5.41) is 11.0. The van der Waals surface area contributed by atoms with Gasteiger partial charge >= 0.3 is 6.28 Å². The molecule has 0 N–H and O–H groups in total. The normalized spacial score (nSPS) is 11.8. The minimum Gasteiger partial charge on any atom is -0.397 e. The highest BCUT2D eigenvalue weighted by Gasteiger charge is 2.51. The van der Waals surface area contributed by atoms with Crippen molar-refractivity contribution in [2.24, 2.45) is 0 Å². The number of hydrogen-bond donors (Lipinski definition) is 0. The van der Waals surface area contributed by atoms with Crippen LogP contribution in [-0.4, -0.2) is 11.3 Å². The molecule has 0 atom stereocenters. The Balaban J connectivity index is 0.000000166. The monoisotopic (exact) mass is 832 g/mol. The highest BCUT2D eigenvalue weighted by atomic mass is 79.9. The number of hydrogen-bond acceptors (Lipinski definition) is 5. The molecule has 5 heterocycles. The fourth-order valence-corrected chi connectivity index (χ4v) is 11.3. The summed E-state index contributed by atoms with van der Waals surface area (Å²) < 4.78 is 3.67. The van der Waals surface area contributed by atoms with E-state index in [1.165, 1.54) is 64.5 Å². The van der Waals surface area contributed by atoms with Crippen LogP contribution in [0, 0.1) is 27.7 Å². The third-order valence-electron chi connectivity index (χ3n) is 9.41. The van der Waals surface area contributed by atoms with E-state index in [1.54, 1.807) is 22.7 Å². The van der Waals surface area contributed by atoms with Gasteiger partial charge in [0.25, 0.3) is 0 Å². The van der Waals surface area contributed by atoms with Crippen LogP contribution in [-0.2, 0) is 6.42 Å². The first-order valence-corrected chi connectivity index (χ1v) is 21.3. The standard InChI is InChI=1S/C21H18BNS2.C15H16.C7H4BrNS2.2CH4/c1-15-3-7-17(8-4-15)22(18-9-5-16(2)6-10-18)19-11-13-24-20(19)21-23(22)12-14-25-21;1-12-3-7-14(8-4-12)11-15-9-5-13(2)6-10-15;8-5-1-3-10-6(5)7-9-2-4-11-7;;/h3-14H,1-2H3;3-10H,11H2,1-2H3;1-4H;2*1H4. The second-order valence-electron chi connectivity index (χ2n) is 13.0. The van der Waals surface area contributed by atoms with E-state index >= 15 is 0 Å². The minimum absolute atomic E-state index is 0. The lowest BCUT2D eigenvalue weighted by Crippen LogP contribution is -2.82. The van der Waals surface area contributed by atoms with Crippen LogP contribution in [0.4, 0.5) is 0 Å². The summed E-state index contributed by atoms with van der Waals surface area (Å²) in [5.41, 5.74) is 12.2. The van der Waals surface area contributed by atoms with Crippen LogP contribution in [0.5, 0.6) is 0 Å². The van der Waals surface area contributed by atoms with Crippen LogP contribution in [0.3, 0.4) is 0 Å². The molecule has 0 saturated carbocycles. The fourth-order valence-electron chi connectivity index (χ4n) is 6.73. The van der Waals surface area contributed by atoms with E-state index in [4.69, 9.17) is 0 Å². The van der Waals surface area contributed by atoms with Gasteiger partial charge in [-0.05, 0) is 78.0 Å². The van der Waals surface area contributed by atoms with E-state index in [0.29, 0.717) is 0 Å². The first kappa shape index (κ1) is 40.3. The van der Waals surface area contributed by atoms with Crippen LogP contribution < -0.4 is 20.9 Å². The smallest absolute Gasteiger partial charge is 0.362 e. The molecule has 270 valence electrons. The van der Waals surface area contributed by atoms with E-state index in [-0.39, 0.29) is 14.9 Å². The van der Waals surface area contributed by atoms with E-state index in [1.807, 2.05) is 40.3 Å². The molecule has 1 aliphatic rings. The van der Waals surface area contributed by atoms with Gasteiger partial charge in [-0.1, -0.05) is 152 Å². The summed E-state index contributed by atoms with van der Waals surface area (Å²) in [6.45, 7) is 8.55. The Bertz CT molecular complexity index is 2190. The van der Waals surface area contributed by atoms with Crippen LogP contribution in [0.1, 0.15) is 48.2 Å². The molecule has 0 saturated heterocycles. The summed E-state index contributed by atoms with van der Waals surface area (Å²) in [6.07, 6.45) is 3.97. The van der Waals surface area contributed by atoms with Crippen LogP contribution in [0.2, 0.25) is 0 Å². The lowest BCUT2D eigenvalue weighted by Gasteiger charge is -2.32. The number of rotatable bonds is 5. The van der Waals surface area contributed by atoms with Crippen molar-refractivity contribution in [3.8, 4) is 19.8 Å². The maximum atomic E-state index is 4.22. The molecular formula is C45H46BBrN2S4. The van der Waals surface area contributed by atoms with E-state index in [0.717, 1.165) is 15.9 Å². The molecule has 0 aliphatic carbocycles. The van der Waals surface area contributed by atoms with Gasteiger partial charge in [-0.15, -0.1) is 50.4 Å². The van der Waals surface area contributed by atoms with Gasteiger partial charge in [0.05, 0.1) is 15.1 Å². The molecule has 0 unspecified atom stereocenters. The van der Waals surface area contributed by atoms with Gasteiger partial charge in [0, 0.05) is 16.0 Å². The molecule has 0 spiro atoms. The van der Waals surface area contributed by atoms with Crippen molar-refractivity contribution < 1.29 is 4.48 Å². The quantitative estimate of drug-likeness (QED) is 0.158. The molecule has 53 heavy (non-hydrogen) atoms. The molecule has 2 nitrogen and oxygen atoms in total.